The van der Waals surface area contributed by atoms with Crippen LogP contribution >= 0.6 is 0 Å². The first-order chi connectivity index (χ1) is 11.3. The molecule has 2 atom stereocenters. The summed E-state index contributed by atoms with van der Waals surface area (Å²) >= 11 is 0. The quantitative estimate of drug-likeness (QED) is 0.641. The lowest BCUT2D eigenvalue weighted by molar-refractivity contribution is 0.214. The lowest BCUT2D eigenvalue weighted by Crippen LogP contribution is -2.37. The molecule has 112 valence electrons. The van der Waals surface area contributed by atoms with E-state index < -0.39 is 0 Å². The van der Waals surface area contributed by atoms with Crippen LogP contribution in [0.25, 0.3) is 0 Å². The molecule has 4 heteroatoms. The monoisotopic (exact) mass is 302 g/mol. The molecule has 2 heterocycles. The van der Waals surface area contributed by atoms with E-state index in [0.29, 0.717) is 0 Å². The predicted octanol–water partition coefficient (Wildman–Crippen LogP) is 2.93. The van der Waals surface area contributed by atoms with Gasteiger partial charge in [0, 0.05) is 12.1 Å². The van der Waals surface area contributed by atoms with Gasteiger partial charge in [0.2, 0.25) is 0 Å². The average molecular weight is 302 g/mol. The molecule has 2 unspecified atom stereocenters. The van der Waals surface area contributed by atoms with Gasteiger partial charge in [-0.3, -0.25) is 4.99 Å². The molecule has 0 saturated carbocycles. The molecular formula is C19H14N2O2. The third kappa shape index (κ3) is 1.91. The molecule has 2 aromatic rings. The van der Waals surface area contributed by atoms with Crippen LogP contribution in [0.15, 0.2) is 64.6 Å². The fourth-order valence-electron chi connectivity index (χ4n) is 3.11. The summed E-state index contributed by atoms with van der Waals surface area (Å²) in [5.74, 6) is 2.27. The fourth-order valence-corrected chi connectivity index (χ4v) is 3.11. The Hall–Kier alpha value is -2.88. The summed E-state index contributed by atoms with van der Waals surface area (Å²) in [5.41, 5.74) is 1.97. The number of nitrogens with zero attached hydrogens (tertiary/aromatic N) is 2. The highest BCUT2D eigenvalue weighted by atomic mass is 16.5. The van der Waals surface area contributed by atoms with Crippen molar-refractivity contribution in [2.75, 3.05) is 0 Å². The van der Waals surface area contributed by atoms with Crippen LogP contribution in [0.5, 0.6) is 17.2 Å². The third-order valence-electron chi connectivity index (χ3n) is 4.30. The zero-order chi connectivity index (χ0) is 15.4. The molecule has 0 saturated heterocycles. The van der Waals surface area contributed by atoms with Gasteiger partial charge in [-0.2, -0.15) is 0 Å². The molecule has 0 spiro atoms. The molecule has 2 aromatic carbocycles. The second kappa shape index (κ2) is 4.56. The molecular weight excluding hydrogens is 288 g/mol. The van der Waals surface area contributed by atoms with Gasteiger partial charge in [0.25, 0.3) is 0 Å². The molecule has 1 aliphatic carbocycles. The molecule has 5 rings (SSSR count). The van der Waals surface area contributed by atoms with E-state index in [1.807, 2.05) is 55.5 Å². The highest BCUT2D eigenvalue weighted by molar-refractivity contribution is 5.60. The van der Waals surface area contributed by atoms with Gasteiger partial charge in [-0.1, -0.05) is 30.4 Å². The Morgan fingerprint density at radius 1 is 0.957 bits per heavy atom. The number of hydrogen-bond acceptors (Lipinski definition) is 4. The van der Waals surface area contributed by atoms with Crippen LogP contribution in [0.1, 0.15) is 5.56 Å². The molecule has 23 heavy (non-hydrogen) atoms. The summed E-state index contributed by atoms with van der Waals surface area (Å²) in [5, 5.41) is 1.60. The van der Waals surface area contributed by atoms with Gasteiger partial charge < -0.3 is 9.47 Å². The average Bonchev–Trinajstić information content (AvgIpc) is 2.57. The van der Waals surface area contributed by atoms with Crippen LogP contribution in [0.2, 0.25) is 0 Å². The van der Waals surface area contributed by atoms with E-state index in [2.05, 4.69) is 6.08 Å². The van der Waals surface area contributed by atoms with Crippen LogP contribution in [0.4, 0.5) is 5.69 Å². The number of fused-ring (bicyclic) bond motifs is 4. The zero-order valence-corrected chi connectivity index (χ0v) is 12.6. The summed E-state index contributed by atoms with van der Waals surface area (Å²) in [6.07, 6.45) is 8.04. The predicted molar refractivity (Wildman–Crippen MR) is 86.2 cm³/mol. The second-order valence-electron chi connectivity index (χ2n) is 5.90. The summed E-state index contributed by atoms with van der Waals surface area (Å²) < 4.78 is 12.1. The van der Waals surface area contributed by atoms with E-state index in [1.54, 1.807) is 0 Å². The van der Waals surface area contributed by atoms with E-state index in [4.69, 9.17) is 19.5 Å². The summed E-state index contributed by atoms with van der Waals surface area (Å²) in [7, 11) is 0. The molecule has 4 nitrogen and oxygen atoms in total. The smallest absolute Gasteiger partial charge is 0.155 e. The summed E-state index contributed by atoms with van der Waals surface area (Å²) in [6.45, 7) is 2.03. The van der Waals surface area contributed by atoms with Crippen molar-refractivity contribution in [1.82, 2.24) is 0 Å². The van der Waals surface area contributed by atoms with Gasteiger partial charge in [0.1, 0.15) is 34.3 Å². The largest absolute Gasteiger partial charge is 0.481 e. The van der Waals surface area contributed by atoms with Crippen molar-refractivity contribution >= 4 is 5.69 Å². The van der Waals surface area contributed by atoms with Crippen LogP contribution < -0.4 is 20.2 Å². The normalized spacial score (nSPS) is 22.3. The van der Waals surface area contributed by atoms with Crippen molar-refractivity contribution < 1.29 is 9.47 Å². The molecule has 0 amide bonds. The number of benzene rings is 2. The number of aryl methyl sites for hydroxylation is 1. The minimum absolute atomic E-state index is 0.0283. The van der Waals surface area contributed by atoms with E-state index in [1.165, 1.54) is 0 Å². The number of allylic oxidation sites excluding steroid dienone is 2. The maximum absolute atomic E-state index is 6.07. The van der Waals surface area contributed by atoms with Gasteiger partial charge in [-0.25, -0.2) is 4.99 Å². The van der Waals surface area contributed by atoms with Crippen LogP contribution in [0.3, 0.4) is 0 Å². The Labute approximate surface area is 133 Å². The molecule has 0 aromatic heterocycles. The van der Waals surface area contributed by atoms with E-state index >= 15 is 0 Å². The lowest BCUT2D eigenvalue weighted by Gasteiger charge is -2.27. The number of hydrogen-bond donors (Lipinski definition) is 0. The Morgan fingerprint density at radius 3 is 2.78 bits per heavy atom. The van der Waals surface area contributed by atoms with Crippen LogP contribution in [-0.4, -0.2) is 12.1 Å². The zero-order valence-electron chi connectivity index (χ0n) is 12.6. The second-order valence-corrected chi connectivity index (χ2v) is 5.90. The molecule has 0 fully saturated rings. The molecule has 0 radical (unpaired) electrons. The first-order valence-corrected chi connectivity index (χ1v) is 7.68. The highest BCUT2D eigenvalue weighted by Crippen LogP contribution is 2.36. The van der Waals surface area contributed by atoms with Crippen LogP contribution in [0, 0.1) is 6.92 Å². The van der Waals surface area contributed by atoms with Crippen molar-refractivity contribution in [2.24, 2.45) is 9.98 Å². The van der Waals surface area contributed by atoms with Crippen molar-refractivity contribution in [3.8, 4) is 17.2 Å². The van der Waals surface area contributed by atoms with Crippen molar-refractivity contribution in [2.45, 2.75) is 19.1 Å². The highest BCUT2D eigenvalue weighted by Gasteiger charge is 2.25. The number of rotatable bonds is 0. The number of ether oxygens (including phenoxy) is 2. The molecule has 3 aliphatic rings. The SMILES string of the molecule is Cc1cccc2c1N=c1cc3c(cc1O2)=NC1C=CC=CC1O3. The maximum atomic E-state index is 6.07. The minimum Gasteiger partial charge on any atom is -0.481 e. The van der Waals surface area contributed by atoms with Crippen molar-refractivity contribution in [1.29, 1.82) is 0 Å². The van der Waals surface area contributed by atoms with E-state index in [-0.39, 0.29) is 12.1 Å². The van der Waals surface area contributed by atoms with Crippen molar-refractivity contribution in [3.63, 3.8) is 0 Å². The number of para-hydroxylation sites is 1. The van der Waals surface area contributed by atoms with E-state index in [0.717, 1.165) is 39.2 Å². The van der Waals surface area contributed by atoms with Crippen LogP contribution in [-0.2, 0) is 0 Å². The Kier molecular flexibility index (Phi) is 2.50. The molecule has 0 bridgehead atoms. The topological polar surface area (TPSA) is 43.2 Å². The first-order valence-electron chi connectivity index (χ1n) is 7.68. The lowest BCUT2D eigenvalue weighted by atomic mass is 10.0. The van der Waals surface area contributed by atoms with Gasteiger partial charge in [0.05, 0.1) is 0 Å². The van der Waals surface area contributed by atoms with Gasteiger partial charge >= 0.3 is 0 Å². The summed E-state index contributed by atoms with van der Waals surface area (Å²) in [6, 6.07) is 9.82. The summed E-state index contributed by atoms with van der Waals surface area (Å²) in [4.78, 5) is 9.51. The van der Waals surface area contributed by atoms with Gasteiger partial charge in [-0.15, -0.1) is 0 Å². The maximum Gasteiger partial charge on any atom is 0.155 e. The standard InChI is InChI=1S/C19H14N2O2/c1-11-5-4-8-16-19(11)21-14-10-17-13(9-18(14)23-16)20-12-6-2-3-7-15(12)22-17/h2-10,12,15H,1H3. The Bertz CT molecular complexity index is 1000. The fraction of sp³-hybridized carbons (Fsp3) is 0.158. The third-order valence-corrected chi connectivity index (χ3v) is 4.30. The van der Waals surface area contributed by atoms with Gasteiger partial charge in [0.15, 0.2) is 11.5 Å². The van der Waals surface area contributed by atoms with E-state index in [9.17, 15) is 0 Å². The van der Waals surface area contributed by atoms with Crippen molar-refractivity contribution in [3.05, 3.63) is 70.9 Å². The first kappa shape index (κ1) is 12.6. The Balaban J connectivity index is 1.71. The Morgan fingerprint density at radius 2 is 1.83 bits per heavy atom. The molecule has 2 aliphatic heterocycles. The minimum atomic E-state index is -0.0379. The molecule has 0 N–H and O–H groups in total. The van der Waals surface area contributed by atoms with Gasteiger partial charge in [-0.05, 0) is 24.6 Å².